The van der Waals surface area contributed by atoms with Gasteiger partial charge in [-0.3, -0.25) is 19.3 Å². The number of rotatable bonds is 6. The van der Waals surface area contributed by atoms with Gasteiger partial charge in [-0.15, -0.1) is 0 Å². The van der Waals surface area contributed by atoms with Gasteiger partial charge in [0, 0.05) is 30.4 Å². The maximum absolute atomic E-state index is 15.1. The van der Waals surface area contributed by atoms with Crippen LogP contribution in [0, 0.1) is 12.7 Å². The molecule has 0 atom stereocenters. The SMILES string of the molecule is CNC(=O)c1ccc2nccc(Oc3c(C)cc(CC(=O)Nc4cnn(C(C)(C)C)c4)cc3F)c2c1. The zero-order chi connectivity index (χ0) is 26.0. The molecule has 36 heavy (non-hydrogen) atoms. The average Bonchev–Trinajstić information content (AvgIpc) is 3.29. The van der Waals surface area contributed by atoms with Crippen LogP contribution in [0.1, 0.15) is 42.3 Å². The number of carbonyl (C=O) groups is 2. The fourth-order valence-electron chi connectivity index (χ4n) is 3.78. The van der Waals surface area contributed by atoms with Gasteiger partial charge >= 0.3 is 0 Å². The van der Waals surface area contributed by atoms with Gasteiger partial charge in [0.15, 0.2) is 11.6 Å². The van der Waals surface area contributed by atoms with Crippen molar-refractivity contribution in [3.05, 3.63) is 77.5 Å². The summed E-state index contributed by atoms with van der Waals surface area (Å²) in [7, 11) is 1.55. The number of benzene rings is 2. The van der Waals surface area contributed by atoms with Crippen LogP contribution < -0.4 is 15.4 Å². The van der Waals surface area contributed by atoms with Crippen molar-refractivity contribution in [3.63, 3.8) is 0 Å². The molecule has 0 aliphatic carbocycles. The number of nitrogens with one attached hydrogen (secondary N) is 2. The molecule has 0 bridgehead atoms. The predicted molar refractivity (Wildman–Crippen MR) is 136 cm³/mol. The van der Waals surface area contributed by atoms with Crippen LogP contribution in [-0.4, -0.2) is 33.6 Å². The zero-order valence-electron chi connectivity index (χ0n) is 20.8. The van der Waals surface area contributed by atoms with E-state index in [-0.39, 0.29) is 29.5 Å². The fraction of sp³-hybridized carbons (Fsp3) is 0.259. The van der Waals surface area contributed by atoms with Crippen LogP contribution in [0.3, 0.4) is 0 Å². The number of hydrogen-bond donors (Lipinski definition) is 2. The lowest BCUT2D eigenvalue weighted by atomic mass is 10.1. The molecule has 2 heterocycles. The lowest BCUT2D eigenvalue weighted by molar-refractivity contribution is -0.115. The Hall–Kier alpha value is -4.27. The summed E-state index contributed by atoms with van der Waals surface area (Å²) in [4.78, 5) is 28.9. The Bertz CT molecular complexity index is 1430. The molecule has 4 rings (SSSR count). The van der Waals surface area contributed by atoms with E-state index in [9.17, 15) is 9.59 Å². The second-order valence-electron chi connectivity index (χ2n) is 9.52. The first kappa shape index (κ1) is 24.8. The Kier molecular flexibility index (Phi) is 6.74. The number of amides is 2. The number of aryl methyl sites for hydroxylation is 1. The molecule has 4 aromatic rings. The van der Waals surface area contributed by atoms with Crippen LogP contribution in [0.25, 0.3) is 10.9 Å². The number of aromatic nitrogens is 3. The largest absolute Gasteiger partial charge is 0.453 e. The summed E-state index contributed by atoms with van der Waals surface area (Å²) in [5, 5.41) is 10.2. The molecule has 8 nitrogen and oxygen atoms in total. The Morgan fingerprint density at radius 3 is 2.58 bits per heavy atom. The van der Waals surface area contributed by atoms with Gasteiger partial charge < -0.3 is 15.4 Å². The van der Waals surface area contributed by atoms with Gasteiger partial charge in [0.25, 0.3) is 5.91 Å². The number of anilines is 1. The Balaban J connectivity index is 1.54. The summed E-state index contributed by atoms with van der Waals surface area (Å²) < 4.78 is 22.8. The minimum Gasteiger partial charge on any atom is -0.453 e. The number of nitrogens with zero attached hydrogens (tertiary/aromatic N) is 3. The van der Waals surface area contributed by atoms with E-state index in [0.717, 1.165) is 0 Å². The van der Waals surface area contributed by atoms with E-state index in [2.05, 4.69) is 20.7 Å². The minimum atomic E-state index is -0.592. The molecule has 2 amide bonds. The Morgan fingerprint density at radius 1 is 1.14 bits per heavy atom. The lowest BCUT2D eigenvalue weighted by Crippen LogP contribution is -2.22. The van der Waals surface area contributed by atoms with E-state index in [4.69, 9.17) is 4.74 Å². The third-order valence-electron chi connectivity index (χ3n) is 5.61. The molecule has 2 aromatic heterocycles. The summed E-state index contributed by atoms with van der Waals surface area (Å²) in [6.45, 7) is 7.75. The van der Waals surface area contributed by atoms with Crippen molar-refractivity contribution in [1.29, 1.82) is 0 Å². The first-order valence-electron chi connectivity index (χ1n) is 11.5. The first-order chi connectivity index (χ1) is 17.0. The van der Waals surface area contributed by atoms with Gasteiger partial charge in [0.05, 0.1) is 29.4 Å². The van der Waals surface area contributed by atoms with Crippen LogP contribution in [0.15, 0.2) is 55.0 Å². The Labute approximate surface area is 208 Å². The third kappa shape index (κ3) is 5.35. The van der Waals surface area contributed by atoms with Crippen molar-refractivity contribution < 1.29 is 18.7 Å². The number of ether oxygens (including phenoxy) is 1. The smallest absolute Gasteiger partial charge is 0.251 e. The van der Waals surface area contributed by atoms with Crippen molar-refractivity contribution in [3.8, 4) is 11.5 Å². The van der Waals surface area contributed by atoms with Crippen LogP contribution >= 0.6 is 0 Å². The lowest BCUT2D eigenvalue weighted by Gasteiger charge is -2.18. The molecule has 0 aliphatic rings. The van der Waals surface area contributed by atoms with E-state index in [1.165, 1.54) is 6.07 Å². The number of hydrogen-bond acceptors (Lipinski definition) is 5. The number of fused-ring (bicyclic) bond motifs is 1. The van der Waals surface area contributed by atoms with Crippen LogP contribution in [0.2, 0.25) is 0 Å². The zero-order valence-corrected chi connectivity index (χ0v) is 20.8. The highest BCUT2D eigenvalue weighted by atomic mass is 19.1. The molecule has 9 heteroatoms. The topological polar surface area (TPSA) is 98.1 Å². The molecule has 2 N–H and O–H groups in total. The van der Waals surface area contributed by atoms with Crippen LogP contribution in [0.5, 0.6) is 11.5 Å². The fourth-order valence-corrected chi connectivity index (χ4v) is 3.78. The summed E-state index contributed by atoms with van der Waals surface area (Å²) in [6.07, 6.45) is 4.90. The van der Waals surface area contributed by atoms with Crippen molar-refractivity contribution in [2.75, 3.05) is 12.4 Å². The average molecular weight is 490 g/mol. The van der Waals surface area contributed by atoms with Gasteiger partial charge in [-0.1, -0.05) is 6.07 Å². The highest BCUT2D eigenvalue weighted by Crippen LogP contribution is 2.33. The molecule has 0 saturated heterocycles. The van der Waals surface area contributed by atoms with E-state index in [1.807, 2.05) is 20.8 Å². The van der Waals surface area contributed by atoms with Crippen LogP contribution in [-0.2, 0) is 16.8 Å². The van der Waals surface area contributed by atoms with E-state index in [0.29, 0.717) is 39.0 Å². The number of pyridine rings is 1. The second-order valence-corrected chi connectivity index (χ2v) is 9.52. The molecule has 186 valence electrons. The molecule has 0 radical (unpaired) electrons. The normalized spacial score (nSPS) is 11.4. The highest BCUT2D eigenvalue weighted by molar-refractivity contribution is 5.99. The van der Waals surface area contributed by atoms with E-state index >= 15 is 4.39 Å². The van der Waals surface area contributed by atoms with Crippen molar-refractivity contribution in [1.82, 2.24) is 20.1 Å². The predicted octanol–water partition coefficient (Wildman–Crippen LogP) is 4.97. The Morgan fingerprint density at radius 2 is 1.92 bits per heavy atom. The molecule has 0 fully saturated rings. The molecule has 2 aromatic carbocycles. The van der Waals surface area contributed by atoms with Gasteiger partial charge in [-0.05, 0) is 69.2 Å². The maximum Gasteiger partial charge on any atom is 0.251 e. The molecule has 0 aliphatic heterocycles. The van der Waals surface area contributed by atoms with Crippen molar-refractivity contribution >= 4 is 28.4 Å². The molecular formula is C27H28FN5O3. The highest BCUT2D eigenvalue weighted by Gasteiger charge is 2.17. The van der Waals surface area contributed by atoms with E-state index in [1.54, 1.807) is 67.6 Å². The second kappa shape index (κ2) is 9.77. The number of carbonyl (C=O) groups excluding carboxylic acids is 2. The minimum absolute atomic E-state index is 0.00753. The van der Waals surface area contributed by atoms with Crippen molar-refractivity contribution in [2.24, 2.45) is 0 Å². The molecule has 0 saturated carbocycles. The summed E-state index contributed by atoms with van der Waals surface area (Å²) in [5.41, 5.74) is 2.47. The van der Waals surface area contributed by atoms with E-state index < -0.39 is 5.82 Å². The van der Waals surface area contributed by atoms with Gasteiger partial charge in [-0.25, -0.2) is 4.39 Å². The standard InChI is InChI=1S/C27H28FN5O3/c1-16-10-17(12-24(34)32-19-14-31-33(15-19)27(2,3)4)11-21(28)25(16)36-23-8-9-30-22-7-6-18(13-20(22)23)26(35)29-5/h6-11,13-15H,12H2,1-5H3,(H,29,35)(H,32,34). The quantitative estimate of drug-likeness (QED) is 0.399. The molecular weight excluding hydrogens is 461 g/mol. The molecule has 0 spiro atoms. The van der Waals surface area contributed by atoms with Crippen LogP contribution in [0.4, 0.5) is 10.1 Å². The summed E-state index contributed by atoms with van der Waals surface area (Å²) in [5.74, 6) is -0.705. The third-order valence-corrected chi connectivity index (χ3v) is 5.61. The summed E-state index contributed by atoms with van der Waals surface area (Å²) >= 11 is 0. The van der Waals surface area contributed by atoms with Gasteiger partial charge in [0.2, 0.25) is 5.91 Å². The van der Waals surface area contributed by atoms with Crippen molar-refractivity contribution in [2.45, 2.75) is 39.7 Å². The molecule has 0 unspecified atom stereocenters. The summed E-state index contributed by atoms with van der Waals surface area (Å²) in [6, 6.07) is 9.66. The first-order valence-corrected chi connectivity index (χ1v) is 11.5. The number of halogens is 1. The van der Waals surface area contributed by atoms with Gasteiger partial charge in [-0.2, -0.15) is 5.10 Å². The maximum atomic E-state index is 15.1. The van der Waals surface area contributed by atoms with Gasteiger partial charge in [0.1, 0.15) is 5.75 Å². The monoisotopic (exact) mass is 489 g/mol.